The molecule has 1 aromatic heterocycles. The Kier molecular flexibility index (Phi) is 7.95. The third-order valence-corrected chi connectivity index (χ3v) is 5.86. The highest BCUT2D eigenvalue weighted by Crippen LogP contribution is 2.28. The van der Waals surface area contributed by atoms with Crippen LogP contribution < -0.4 is 10.2 Å². The lowest BCUT2D eigenvalue weighted by molar-refractivity contribution is -0.118. The van der Waals surface area contributed by atoms with E-state index in [9.17, 15) is 4.79 Å². The monoisotopic (exact) mass is 491 g/mol. The van der Waals surface area contributed by atoms with Crippen molar-refractivity contribution in [1.82, 2.24) is 20.2 Å². The van der Waals surface area contributed by atoms with Crippen LogP contribution in [0.3, 0.4) is 0 Å². The van der Waals surface area contributed by atoms with Crippen molar-refractivity contribution in [3.05, 3.63) is 89.4 Å². The number of carbonyl (C=O) groups excluding carboxylic acids is 1. The molecule has 0 bridgehead atoms. The second kappa shape index (κ2) is 11.5. The van der Waals surface area contributed by atoms with Crippen molar-refractivity contribution in [2.45, 2.75) is 12.1 Å². The van der Waals surface area contributed by atoms with Gasteiger partial charge in [0.05, 0.1) is 18.6 Å². The molecule has 1 heterocycles. The lowest BCUT2D eigenvalue weighted by atomic mass is 10.2. The molecule has 4 rings (SSSR count). The van der Waals surface area contributed by atoms with Crippen LogP contribution in [-0.2, 0) is 4.79 Å². The predicted octanol–water partition coefficient (Wildman–Crippen LogP) is 5.23. The van der Waals surface area contributed by atoms with Gasteiger partial charge in [-0.1, -0.05) is 53.7 Å². The molecular weight excluding hydrogens is 470 g/mol. The number of nitrogens with zero attached hydrogens (tertiary/aromatic N) is 4. The van der Waals surface area contributed by atoms with E-state index in [4.69, 9.17) is 16.3 Å². The van der Waals surface area contributed by atoms with E-state index in [1.165, 1.54) is 11.8 Å². The van der Waals surface area contributed by atoms with E-state index >= 15 is 0 Å². The summed E-state index contributed by atoms with van der Waals surface area (Å²) in [7, 11) is 0. The molecule has 0 saturated heterocycles. The molecule has 0 atom stereocenters. The van der Waals surface area contributed by atoms with Gasteiger partial charge in [0.1, 0.15) is 5.75 Å². The van der Waals surface area contributed by atoms with Gasteiger partial charge in [-0.3, -0.25) is 9.36 Å². The fourth-order valence-electron chi connectivity index (χ4n) is 3.12. The average Bonchev–Trinajstić information content (AvgIpc) is 3.29. The quantitative estimate of drug-likeness (QED) is 0.197. The van der Waals surface area contributed by atoms with Crippen LogP contribution in [0.1, 0.15) is 12.5 Å². The minimum atomic E-state index is -0.251. The third-order valence-electron chi connectivity index (χ3n) is 4.68. The Morgan fingerprint density at radius 3 is 2.50 bits per heavy atom. The Bertz CT molecular complexity index is 1260. The molecule has 7 nitrogen and oxygen atoms in total. The lowest BCUT2D eigenvalue weighted by Crippen LogP contribution is -2.20. The number of hydrazone groups is 1. The van der Waals surface area contributed by atoms with E-state index in [1.54, 1.807) is 6.21 Å². The third kappa shape index (κ3) is 6.03. The van der Waals surface area contributed by atoms with Gasteiger partial charge < -0.3 is 4.74 Å². The molecule has 0 fully saturated rings. The maximum Gasteiger partial charge on any atom is 0.250 e. The number of ether oxygens (including phenoxy) is 1. The van der Waals surface area contributed by atoms with Gasteiger partial charge in [-0.2, -0.15) is 5.10 Å². The number of halogens is 1. The SMILES string of the molecule is CCOc1ccc(/C=N\NC(=O)CSc2nnc(-c3ccccc3)n2-c2ccc(Cl)cc2)cc1. The zero-order valence-corrected chi connectivity index (χ0v) is 20.0. The smallest absolute Gasteiger partial charge is 0.250 e. The molecular formula is C25H22ClN5O2S. The lowest BCUT2D eigenvalue weighted by Gasteiger charge is -2.10. The molecule has 0 aliphatic rings. The van der Waals surface area contributed by atoms with Crippen LogP contribution in [0.5, 0.6) is 5.75 Å². The van der Waals surface area contributed by atoms with Crippen molar-refractivity contribution >= 4 is 35.5 Å². The molecule has 4 aromatic rings. The van der Waals surface area contributed by atoms with Gasteiger partial charge in [0.25, 0.3) is 5.91 Å². The molecule has 9 heteroatoms. The fourth-order valence-corrected chi connectivity index (χ4v) is 3.99. The highest BCUT2D eigenvalue weighted by molar-refractivity contribution is 7.99. The molecule has 1 N–H and O–H groups in total. The van der Waals surface area contributed by atoms with Crippen LogP contribution in [-0.4, -0.2) is 39.2 Å². The predicted molar refractivity (Wildman–Crippen MR) is 136 cm³/mol. The maximum absolute atomic E-state index is 12.4. The number of rotatable bonds is 9. The molecule has 0 radical (unpaired) electrons. The summed E-state index contributed by atoms with van der Waals surface area (Å²) in [5.41, 5.74) is 5.17. The van der Waals surface area contributed by atoms with E-state index in [1.807, 2.05) is 90.4 Å². The molecule has 172 valence electrons. The van der Waals surface area contributed by atoms with Crippen molar-refractivity contribution < 1.29 is 9.53 Å². The number of hydrogen-bond donors (Lipinski definition) is 1. The van der Waals surface area contributed by atoms with Crippen LogP contribution in [0, 0.1) is 0 Å². The fraction of sp³-hybridized carbons (Fsp3) is 0.120. The molecule has 0 aliphatic heterocycles. The number of hydrogen-bond acceptors (Lipinski definition) is 6. The minimum Gasteiger partial charge on any atom is -0.494 e. The molecule has 0 saturated carbocycles. The second-order valence-corrected chi connectivity index (χ2v) is 8.45. The molecule has 0 spiro atoms. The molecule has 34 heavy (non-hydrogen) atoms. The second-order valence-electron chi connectivity index (χ2n) is 7.07. The van der Waals surface area contributed by atoms with Gasteiger partial charge in [0, 0.05) is 16.3 Å². The minimum absolute atomic E-state index is 0.126. The standard InChI is InChI=1S/C25H22ClN5O2S/c1-2-33-22-14-8-18(9-15-22)16-27-28-23(32)17-34-25-30-29-24(19-6-4-3-5-7-19)31(25)21-12-10-20(26)11-13-21/h3-16H,2,17H2,1H3,(H,28,32)/b27-16-. The number of thioether (sulfide) groups is 1. The number of benzene rings is 3. The van der Waals surface area contributed by atoms with Crippen LogP contribution >= 0.6 is 23.4 Å². The first-order valence-electron chi connectivity index (χ1n) is 10.6. The molecule has 0 aliphatic carbocycles. The van der Waals surface area contributed by atoms with Crippen molar-refractivity contribution in [2.75, 3.05) is 12.4 Å². The Morgan fingerprint density at radius 1 is 1.06 bits per heavy atom. The van der Waals surface area contributed by atoms with E-state index in [0.29, 0.717) is 22.6 Å². The average molecular weight is 492 g/mol. The van der Waals surface area contributed by atoms with Crippen molar-refractivity contribution in [3.63, 3.8) is 0 Å². The topological polar surface area (TPSA) is 81.4 Å². The zero-order chi connectivity index (χ0) is 23.8. The van der Waals surface area contributed by atoms with Crippen LogP contribution in [0.25, 0.3) is 17.1 Å². The number of nitrogens with one attached hydrogen (secondary N) is 1. The van der Waals surface area contributed by atoms with E-state index in [-0.39, 0.29) is 11.7 Å². The summed E-state index contributed by atoms with van der Waals surface area (Å²) in [4.78, 5) is 12.4. The van der Waals surface area contributed by atoms with E-state index in [0.717, 1.165) is 22.6 Å². The summed E-state index contributed by atoms with van der Waals surface area (Å²) >= 11 is 7.35. The number of aromatic nitrogens is 3. The van der Waals surface area contributed by atoms with Gasteiger partial charge in [-0.25, -0.2) is 5.43 Å². The van der Waals surface area contributed by atoms with Crippen LogP contribution in [0.15, 0.2) is 89.1 Å². The van der Waals surface area contributed by atoms with Gasteiger partial charge in [0.2, 0.25) is 0 Å². The molecule has 3 aromatic carbocycles. The number of carbonyl (C=O) groups is 1. The zero-order valence-electron chi connectivity index (χ0n) is 18.4. The first-order chi connectivity index (χ1) is 16.6. The summed E-state index contributed by atoms with van der Waals surface area (Å²) in [5, 5.41) is 14.0. The van der Waals surface area contributed by atoms with Crippen LogP contribution in [0.2, 0.25) is 5.02 Å². The molecule has 1 amide bonds. The van der Waals surface area contributed by atoms with Gasteiger partial charge in [-0.05, 0) is 61.0 Å². The van der Waals surface area contributed by atoms with Crippen molar-refractivity contribution in [3.8, 4) is 22.8 Å². The summed E-state index contributed by atoms with van der Waals surface area (Å²) in [6.45, 7) is 2.54. The van der Waals surface area contributed by atoms with Gasteiger partial charge in [-0.15, -0.1) is 10.2 Å². The number of amides is 1. The van der Waals surface area contributed by atoms with E-state index in [2.05, 4.69) is 20.7 Å². The molecule has 0 unspecified atom stereocenters. The normalized spacial score (nSPS) is 11.0. The van der Waals surface area contributed by atoms with Crippen molar-refractivity contribution in [2.24, 2.45) is 5.10 Å². The summed E-state index contributed by atoms with van der Waals surface area (Å²) in [5.74, 6) is 1.35. The summed E-state index contributed by atoms with van der Waals surface area (Å²) in [6, 6.07) is 24.6. The first-order valence-corrected chi connectivity index (χ1v) is 11.9. The van der Waals surface area contributed by atoms with Gasteiger partial charge >= 0.3 is 0 Å². The van der Waals surface area contributed by atoms with Gasteiger partial charge in [0.15, 0.2) is 11.0 Å². The highest BCUT2D eigenvalue weighted by atomic mass is 35.5. The Labute approximate surface area is 206 Å². The Morgan fingerprint density at radius 2 is 1.79 bits per heavy atom. The first kappa shape index (κ1) is 23.5. The summed E-state index contributed by atoms with van der Waals surface area (Å²) < 4.78 is 7.33. The van der Waals surface area contributed by atoms with Crippen molar-refractivity contribution in [1.29, 1.82) is 0 Å². The Balaban J connectivity index is 1.44. The van der Waals surface area contributed by atoms with E-state index < -0.39 is 0 Å². The highest BCUT2D eigenvalue weighted by Gasteiger charge is 2.17. The van der Waals surface area contributed by atoms with Crippen LogP contribution in [0.4, 0.5) is 0 Å². The summed E-state index contributed by atoms with van der Waals surface area (Å²) in [6.07, 6.45) is 1.59. The Hall–Kier alpha value is -3.62. The maximum atomic E-state index is 12.4. The largest absolute Gasteiger partial charge is 0.494 e.